The van der Waals surface area contributed by atoms with Crippen LogP contribution in [-0.2, 0) is 6.18 Å². The number of thioether (sulfide) groups is 1. The van der Waals surface area contributed by atoms with Crippen LogP contribution in [0.15, 0.2) is 23.1 Å². The van der Waals surface area contributed by atoms with Gasteiger partial charge in [0.1, 0.15) is 0 Å². The standard InChI is InChI=1S/C19H28F3NO2S/c1-2-3-4-5-6-7-8-9-10-11-14-26-18-13-12-16(23(24)25)15-17(18)19(20,21)22/h12-13,15H,2-11,14H2,1H3. The van der Waals surface area contributed by atoms with E-state index in [2.05, 4.69) is 6.92 Å². The number of nitro benzene ring substituents is 1. The molecule has 0 N–H and O–H groups in total. The maximum Gasteiger partial charge on any atom is 0.417 e. The molecule has 0 amide bonds. The highest BCUT2D eigenvalue weighted by atomic mass is 32.2. The van der Waals surface area contributed by atoms with Gasteiger partial charge in [-0.05, 0) is 18.2 Å². The molecule has 0 aliphatic rings. The fraction of sp³-hybridized carbons (Fsp3) is 0.684. The SMILES string of the molecule is CCCCCCCCCCCCSc1ccc([N+](=O)[O-])cc1C(F)(F)F. The average molecular weight is 391 g/mol. The summed E-state index contributed by atoms with van der Waals surface area (Å²) in [6.07, 6.45) is 7.25. The Balaban J connectivity index is 2.29. The van der Waals surface area contributed by atoms with Crippen LogP contribution in [0.1, 0.15) is 76.7 Å². The molecule has 1 rings (SSSR count). The molecule has 148 valence electrons. The molecule has 0 radical (unpaired) electrons. The summed E-state index contributed by atoms with van der Waals surface area (Å²) in [5.74, 6) is 0.595. The monoisotopic (exact) mass is 391 g/mol. The third kappa shape index (κ3) is 8.92. The number of nitrogens with zero attached hydrogens (tertiary/aromatic N) is 1. The minimum absolute atomic E-state index is 0.0685. The van der Waals surface area contributed by atoms with Crippen LogP contribution < -0.4 is 0 Å². The molecule has 0 spiro atoms. The molecule has 0 aliphatic heterocycles. The van der Waals surface area contributed by atoms with Crippen LogP contribution in [0, 0.1) is 10.1 Å². The average Bonchev–Trinajstić information content (AvgIpc) is 2.58. The second-order valence-electron chi connectivity index (χ2n) is 6.47. The normalized spacial score (nSPS) is 11.7. The lowest BCUT2D eigenvalue weighted by Crippen LogP contribution is -2.07. The summed E-state index contributed by atoms with van der Waals surface area (Å²) in [7, 11) is 0. The molecule has 0 heterocycles. The van der Waals surface area contributed by atoms with Gasteiger partial charge >= 0.3 is 6.18 Å². The van der Waals surface area contributed by atoms with Gasteiger partial charge in [0.25, 0.3) is 5.69 Å². The number of non-ortho nitro benzene ring substituents is 1. The molecule has 0 unspecified atom stereocenters. The number of benzene rings is 1. The lowest BCUT2D eigenvalue weighted by Gasteiger charge is -2.12. The van der Waals surface area contributed by atoms with E-state index in [9.17, 15) is 23.3 Å². The number of hydrogen-bond donors (Lipinski definition) is 0. The van der Waals surface area contributed by atoms with E-state index in [1.165, 1.54) is 51.0 Å². The summed E-state index contributed by atoms with van der Waals surface area (Å²) in [5.41, 5.74) is -1.44. The first kappa shape index (κ1) is 22.8. The number of hydrogen-bond acceptors (Lipinski definition) is 3. The Kier molecular flexibility index (Phi) is 10.7. The van der Waals surface area contributed by atoms with Crippen LogP contribution in [0.5, 0.6) is 0 Å². The van der Waals surface area contributed by atoms with E-state index in [4.69, 9.17) is 0 Å². The van der Waals surface area contributed by atoms with Crippen LogP contribution in [0.25, 0.3) is 0 Å². The molecule has 1 aromatic carbocycles. The lowest BCUT2D eigenvalue weighted by molar-refractivity contribution is -0.385. The largest absolute Gasteiger partial charge is 0.417 e. The molecular formula is C19H28F3NO2S. The third-order valence-corrected chi connectivity index (χ3v) is 5.39. The molecule has 3 nitrogen and oxygen atoms in total. The molecule has 0 atom stereocenters. The molecule has 1 aromatic rings. The van der Waals surface area contributed by atoms with E-state index in [0.29, 0.717) is 11.8 Å². The van der Waals surface area contributed by atoms with Crippen molar-refractivity contribution in [2.75, 3.05) is 5.75 Å². The van der Waals surface area contributed by atoms with Crippen LogP contribution in [0.4, 0.5) is 18.9 Å². The van der Waals surface area contributed by atoms with E-state index < -0.39 is 22.4 Å². The summed E-state index contributed by atoms with van der Waals surface area (Å²) in [6, 6.07) is 2.97. The minimum atomic E-state index is -4.58. The van der Waals surface area contributed by atoms with Crippen molar-refractivity contribution in [3.8, 4) is 0 Å². The van der Waals surface area contributed by atoms with Crippen molar-refractivity contribution in [2.45, 2.75) is 82.2 Å². The summed E-state index contributed by atoms with van der Waals surface area (Å²) < 4.78 is 39.2. The summed E-state index contributed by atoms with van der Waals surface area (Å²) >= 11 is 1.13. The Labute approximate surface area is 157 Å². The van der Waals surface area contributed by atoms with E-state index >= 15 is 0 Å². The van der Waals surface area contributed by atoms with Gasteiger partial charge in [0, 0.05) is 17.0 Å². The second kappa shape index (κ2) is 12.2. The molecule has 0 aliphatic carbocycles. The van der Waals surface area contributed by atoms with Gasteiger partial charge in [0.2, 0.25) is 0 Å². The zero-order valence-corrected chi connectivity index (χ0v) is 16.1. The first-order chi connectivity index (χ1) is 12.4. The highest BCUT2D eigenvalue weighted by Gasteiger charge is 2.35. The van der Waals surface area contributed by atoms with Crippen LogP contribution in [0.3, 0.4) is 0 Å². The first-order valence-corrected chi connectivity index (χ1v) is 10.3. The van der Waals surface area contributed by atoms with Crippen molar-refractivity contribution < 1.29 is 18.1 Å². The molecule has 0 saturated carbocycles. The minimum Gasteiger partial charge on any atom is -0.258 e. The highest BCUT2D eigenvalue weighted by Crippen LogP contribution is 2.39. The van der Waals surface area contributed by atoms with Gasteiger partial charge < -0.3 is 0 Å². The number of unbranched alkanes of at least 4 members (excludes halogenated alkanes) is 9. The van der Waals surface area contributed by atoms with E-state index in [1.54, 1.807) is 0 Å². The van der Waals surface area contributed by atoms with Crippen molar-refractivity contribution in [3.05, 3.63) is 33.9 Å². The Bertz CT molecular complexity index is 550. The summed E-state index contributed by atoms with van der Waals surface area (Å²) in [5, 5.41) is 10.7. The number of alkyl halides is 3. The van der Waals surface area contributed by atoms with Gasteiger partial charge in [0.05, 0.1) is 10.5 Å². The fourth-order valence-corrected chi connectivity index (χ4v) is 3.81. The van der Waals surface area contributed by atoms with Crippen molar-refractivity contribution in [1.82, 2.24) is 0 Å². The highest BCUT2D eigenvalue weighted by molar-refractivity contribution is 7.99. The molecule has 0 bridgehead atoms. The smallest absolute Gasteiger partial charge is 0.258 e. The lowest BCUT2D eigenvalue weighted by atomic mass is 10.1. The van der Waals surface area contributed by atoms with Gasteiger partial charge in [0.15, 0.2) is 0 Å². The molecular weight excluding hydrogens is 363 g/mol. The zero-order valence-electron chi connectivity index (χ0n) is 15.3. The molecule has 0 saturated heterocycles. The first-order valence-electron chi connectivity index (χ1n) is 9.34. The fourth-order valence-electron chi connectivity index (χ4n) is 2.75. The maximum absolute atomic E-state index is 13.1. The van der Waals surface area contributed by atoms with E-state index in [-0.39, 0.29) is 4.90 Å². The van der Waals surface area contributed by atoms with E-state index in [1.807, 2.05) is 0 Å². The van der Waals surface area contributed by atoms with Gasteiger partial charge in [-0.3, -0.25) is 10.1 Å². The van der Waals surface area contributed by atoms with Crippen LogP contribution in [-0.4, -0.2) is 10.7 Å². The Morgan fingerprint density at radius 3 is 2.00 bits per heavy atom. The van der Waals surface area contributed by atoms with Crippen molar-refractivity contribution >= 4 is 17.4 Å². The van der Waals surface area contributed by atoms with Crippen molar-refractivity contribution in [2.24, 2.45) is 0 Å². The third-order valence-electron chi connectivity index (χ3n) is 4.23. The summed E-state index contributed by atoms with van der Waals surface area (Å²) in [4.78, 5) is 9.95. The topological polar surface area (TPSA) is 43.1 Å². The van der Waals surface area contributed by atoms with Gasteiger partial charge in [-0.1, -0.05) is 64.7 Å². The number of halogens is 3. The molecule has 7 heteroatoms. The van der Waals surface area contributed by atoms with Gasteiger partial charge in [-0.2, -0.15) is 13.2 Å². The van der Waals surface area contributed by atoms with Gasteiger partial charge in [-0.25, -0.2) is 0 Å². The Morgan fingerprint density at radius 1 is 0.962 bits per heavy atom. The van der Waals surface area contributed by atoms with E-state index in [0.717, 1.165) is 37.1 Å². The summed E-state index contributed by atoms with van der Waals surface area (Å²) in [6.45, 7) is 2.20. The molecule has 0 fully saturated rings. The maximum atomic E-state index is 13.1. The molecule has 0 aromatic heterocycles. The quantitative estimate of drug-likeness (QED) is 0.150. The number of nitro groups is 1. The Hall–Kier alpha value is -1.24. The predicted octanol–water partition coefficient (Wildman–Crippen LogP) is 7.63. The number of rotatable bonds is 13. The molecule has 26 heavy (non-hydrogen) atoms. The predicted molar refractivity (Wildman–Crippen MR) is 101 cm³/mol. The van der Waals surface area contributed by atoms with Crippen molar-refractivity contribution in [3.63, 3.8) is 0 Å². The van der Waals surface area contributed by atoms with Crippen LogP contribution in [0.2, 0.25) is 0 Å². The second-order valence-corrected chi connectivity index (χ2v) is 7.60. The zero-order chi connectivity index (χ0) is 19.4. The Morgan fingerprint density at radius 2 is 1.50 bits per heavy atom. The van der Waals surface area contributed by atoms with Crippen LogP contribution >= 0.6 is 11.8 Å². The van der Waals surface area contributed by atoms with Crippen molar-refractivity contribution in [1.29, 1.82) is 0 Å². The van der Waals surface area contributed by atoms with Gasteiger partial charge in [-0.15, -0.1) is 11.8 Å².